The lowest BCUT2D eigenvalue weighted by Crippen LogP contribution is -1.89. The Morgan fingerprint density at radius 1 is 1.58 bits per heavy atom. The minimum atomic E-state index is -0.566. The molecule has 0 N–H and O–H groups in total. The predicted octanol–water partition coefficient (Wildman–Crippen LogP) is 2.23. The van der Waals surface area contributed by atoms with Crippen molar-refractivity contribution >= 4 is 17.3 Å². The molecule has 0 aliphatic rings. The van der Waals surface area contributed by atoms with Gasteiger partial charge < -0.3 is 0 Å². The number of hydrogen-bond acceptors (Lipinski definition) is 2. The molecule has 12 heavy (non-hydrogen) atoms. The van der Waals surface area contributed by atoms with Crippen LogP contribution in [-0.4, -0.2) is 4.92 Å². The first-order valence-corrected chi connectivity index (χ1v) is 3.43. The van der Waals surface area contributed by atoms with E-state index in [0.29, 0.717) is 5.56 Å². The quantitative estimate of drug-likeness (QED) is 0.379. The highest BCUT2D eigenvalue weighted by atomic mass is 35.5. The number of halogens is 1. The van der Waals surface area contributed by atoms with Crippen LogP contribution in [0.2, 0.25) is 5.02 Å². The highest BCUT2D eigenvalue weighted by Crippen LogP contribution is 2.24. The monoisotopic (exact) mass is 181 g/mol. The molecule has 0 spiro atoms. The first-order chi connectivity index (χ1) is 5.65. The summed E-state index contributed by atoms with van der Waals surface area (Å²) in [5.74, 6) is 2.29. The van der Waals surface area contributed by atoms with E-state index in [-0.39, 0.29) is 10.7 Å². The van der Waals surface area contributed by atoms with Crippen LogP contribution >= 0.6 is 11.6 Å². The minimum Gasteiger partial charge on any atom is -0.258 e. The molecule has 1 aromatic carbocycles. The molecule has 60 valence electrons. The fourth-order valence-corrected chi connectivity index (χ4v) is 0.929. The number of nitro groups is 1. The highest BCUT2D eigenvalue weighted by Gasteiger charge is 2.11. The van der Waals surface area contributed by atoms with Crippen LogP contribution in [0.5, 0.6) is 0 Å². The predicted molar refractivity (Wildman–Crippen MR) is 46.0 cm³/mol. The molecule has 0 saturated heterocycles. The summed E-state index contributed by atoms with van der Waals surface area (Å²) in [7, 11) is 0. The Bertz CT molecular complexity index is 368. The van der Waals surface area contributed by atoms with Crippen LogP contribution in [0.15, 0.2) is 18.2 Å². The Kier molecular flexibility index (Phi) is 2.32. The molecule has 4 heteroatoms. The maximum absolute atomic E-state index is 10.3. The average Bonchev–Trinajstić information content (AvgIpc) is 2.05. The number of rotatable bonds is 1. The van der Waals surface area contributed by atoms with Crippen LogP contribution in [-0.2, 0) is 0 Å². The zero-order valence-corrected chi connectivity index (χ0v) is 6.71. The summed E-state index contributed by atoms with van der Waals surface area (Å²) < 4.78 is 0. The molecule has 1 rings (SSSR count). The number of nitrogens with zero attached hydrogens (tertiary/aromatic N) is 1. The SMILES string of the molecule is C#Cc1ccc(Cl)c([N+](=O)[O-])c1. The topological polar surface area (TPSA) is 43.1 Å². The van der Waals surface area contributed by atoms with Crippen LogP contribution in [0.4, 0.5) is 5.69 Å². The lowest BCUT2D eigenvalue weighted by atomic mass is 10.2. The summed E-state index contributed by atoms with van der Waals surface area (Å²) in [5, 5.41) is 10.4. The molecule has 0 aliphatic carbocycles. The molecule has 0 atom stereocenters. The zero-order chi connectivity index (χ0) is 9.14. The molecular formula is C8H4ClNO2. The van der Waals surface area contributed by atoms with Gasteiger partial charge in [0.1, 0.15) is 5.02 Å². The average molecular weight is 182 g/mol. The van der Waals surface area contributed by atoms with Gasteiger partial charge in [-0.3, -0.25) is 10.1 Å². The van der Waals surface area contributed by atoms with Gasteiger partial charge in [0.05, 0.1) is 4.92 Å². The van der Waals surface area contributed by atoms with E-state index in [2.05, 4.69) is 5.92 Å². The normalized spacial score (nSPS) is 9.00. The van der Waals surface area contributed by atoms with Crippen LogP contribution < -0.4 is 0 Å². The lowest BCUT2D eigenvalue weighted by Gasteiger charge is -1.94. The summed E-state index contributed by atoms with van der Waals surface area (Å²) >= 11 is 5.54. The number of nitro benzene ring substituents is 1. The Balaban J connectivity index is 3.28. The third-order valence-corrected chi connectivity index (χ3v) is 1.63. The molecule has 0 bridgehead atoms. The molecule has 0 unspecified atom stereocenters. The van der Waals surface area contributed by atoms with E-state index in [4.69, 9.17) is 18.0 Å². The smallest absolute Gasteiger partial charge is 0.258 e. The summed E-state index contributed by atoms with van der Waals surface area (Å²) in [6.45, 7) is 0. The van der Waals surface area contributed by atoms with E-state index in [1.165, 1.54) is 12.1 Å². The maximum atomic E-state index is 10.3. The largest absolute Gasteiger partial charge is 0.289 e. The van der Waals surface area contributed by atoms with Crippen LogP contribution in [0.3, 0.4) is 0 Å². The van der Waals surface area contributed by atoms with Crippen molar-refractivity contribution in [3.8, 4) is 12.3 Å². The standard InChI is InChI=1S/C8H4ClNO2/c1-2-6-3-4-7(9)8(5-6)10(11)12/h1,3-5H. The van der Waals surface area contributed by atoms with Gasteiger partial charge in [-0.05, 0) is 12.1 Å². The van der Waals surface area contributed by atoms with Crippen molar-refractivity contribution in [3.05, 3.63) is 38.9 Å². The second kappa shape index (κ2) is 3.24. The van der Waals surface area contributed by atoms with Gasteiger partial charge in [0.15, 0.2) is 0 Å². The van der Waals surface area contributed by atoms with Gasteiger partial charge in [-0.15, -0.1) is 6.42 Å². The van der Waals surface area contributed by atoms with E-state index in [1.807, 2.05) is 0 Å². The molecule has 0 amide bonds. The summed E-state index contributed by atoms with van der Waals surface area (Å²) in [6, 6.07) is 4.23. The van der Waals surface area contributed by atoms with Crippen molar-refractivity contribution in [2.45, 2.75) is 0 Å². The summed E-state index contributed by atoms with van der Waals surface area (Å²) in [4.78, 5) is 9.78. The van der Waals surface area contributed by atoms with E-state index in [1.54, 1.807) is 6.07 Å². The van der Waals surface area contributed by atoms with Crippen LogP contribution in [0.1, 0.15) is 5.56 Å². The number of terminal acetylenes is 1. The van der Waals surface area contributed by atoms with Gasteiger partial charge in [-0.2, -0.15) is 0 Å². The fraction of sp³-hybridized carbons (Fsp3) is 0. The Morgan fingerprint density at radius 2 is 2.25 bits per heavy atom. The van der Waals surface area contributed by atoms with Crippen molar-refractivity contribution in [3.63, 3.8) is 0 Å². The molecule has 0 radical (unpaired) electrons. The zero-order valence-electron chi connectivity index (χ0n) is 5.95. The van der Waals surface area contributed by atoms with Gasteiger partial charge in [-0.25, -0.2) is 0 Å². The first-order valence-electron chi connectivity index (χ1n) is 3.05. The second-order valence-corrected chi connectivity index (χ2v) is 2.47. The summed E-state index contributed by atoms with van der Waals surface area (Å²) in [6.07, 6.45) is 5.05. The van der Waals surface area contributed by atoms with Crippen molar-refractivity contribution in [2.24, 2.45) is 0 Å². The van der Waals surface area contributed by atoms with Gasteiger partial charge in [0.25, 0.3) is 5.69 Å². The Labute approximate surface area is 74.1 Å². The molecule has 1 aromatic rings. The Morgan fingerprint density at radius 3 is 2.75 bits per heavy atom. The molecule has 0 heterocycles. The molecule has 0 aromatic heterocycles. The molecule has 0 saturated carbocycles. The second-order valence-electron chi connectivity index (χ2n) is 2.07. The number of hydrogen-bond donors (Lipinski definition) is 0. The van der Waals surface area contributed by atoms with Crippen molar-refractivity contribution in [1.29, 1.82) is 0 Å². The summed E-state index contributed by atoms with van der Waals surface area (Å²) in [5.41, 5.74) is 0.290. The molecule has 3 nitrogen and oxygen atoms in total. The third kappa shape index (κ3) is 1.55. The van der Waals surface area contributed by atoms with Gasteiger partial charge in [0.2, 0.25) is 0 Å². The Hall–Kier alpha value is -1.53. The molecular weight excluding hydrogens is 178 g/mol. The highest BCUT2D eigenvalue weighted by molar-refractivity contribution is 6.32. The van der Waals surface area contributed by atoms with Crippen molar-refractivity contribution < 1.29 is 4.92 Å². The van der Waals surface area contributed by atoms with E-state index < -0.39 is 4.92 Å². The molecule has 0 aliphatic heterocycles. The van der Waals surface area contributed by atoms with Crippen LogP contribution in [0, 0.1) is 22.5 Å². The van der Waals surface area contributed by atoms with E-state index in [0.717, 1.165) is 0 Å². The van der Waals surface area contributed by atoms with Crippen molar-refractivity contribution in [2.75, 3.05) is 0 Å². The first kappa shape index (κ1) is 8.57. The van der Waals surface area contributed by atoms with Crippen molar-refractivity contribution in [1.82, 2.24) is 0 Å². The third-order valence-electron chi connectivity index (χ3n) is 1.31. The fourth-order valence-electron chi connectivity index (χ4n) is 0.742. The van der Waals surface area contributed by atoms with Crippen LogP contribution in [0.25, 0.3) is 0 Å². The minimum absolute atomic E-state index is 0.0963. The van der Waals surface area contributed by atoms with E-state index >= 15 is 0 Å². The van der Waals surface area contributed by atoms with Gasteiger partial charge >= 0.3 is 0 Å². The lowest BCUT2D eigenvalue weighted by molar-refractivity contribution is -0.384. The molecule has 0 fully saturated rings. The van der Waals surface area contributed by atoms with Gasteiger partial charge in [-0.1, -0.05) is 17.5 Å². The van der Waals surface area contributed by atoms with Gasteiger partial charge in [0, 0.05) is 11.6 Å². The van der Waals surface area contributed by atoms with E-state index in [9.17, 15) is 10.1 Å². The number of benzene rings is 1. The maximum Gasteiger partial charge on any atom is 0.289 e.